The zero-order valence-electron chi connectivity index (χ0n) is 16.9. The van der Waals surface area contributed by atoms with Crippen LogP contribution in [0.4, 0.5) is 13.2 Å². The molecule has 0 aromatic heterocycles. The van der Waals surface area contributed by atoms with Crippen molar-refractivity contribution < 1.29 is 22.6 Å². The van der Waals surface area contributed by atoms with E-state index in [9.17, 15) is 29.0 Å². The molecule has 166 valence electrons. The summed E-state index contributed by atoms with van der Waals surface area (Å²) >= 11 is 3.30. The molecule has 2 aliphatic rings. The van der Waals surface area contributed by atoms with Gasteiger partial charge in [0.25, 0.3) is 0 Å². The number of rotatable bonds is 2. The summed E-state index contributed by atoms with van der Waals surface area (Å²) in [6, 6.07) is 16.3. The highest BCUT2D eigenvalue weighted by Gasteiger charge is 2.80. The summed E-state index contributed by atoms with van der Waals surface area (Å²) in [5, 5.41) is 39.1. The molecule has 0 saturated carbocycles. The standard InChI is InChI=1S/C23H14BrF3N4O2/c1-13-21(12-30)19(31)33-22(13,14-6-8-15(24)9-7-14)32-18(20(21,10-28)11-29)16-4-2-3-5-17(16)23(25,26)27/h2-9,13,18,31H,1H3. The monoisotopic (exact) mass is 514 g/mol. The molecule has 0 amide bonds. The SMILES string of the molecule is CC1C2(c3ccc(Br)cc3)OC(=N)C1(C#N)C(C#N)(C#N)C(c1ccccc1C(F)(F)F)O2. The lowest BCUT2D eigenvalue weighted by Gasteiger charge is -2.49. The molecular weight excluding hydrogens is 501 g/mol. The topological polar surface area (TPSA) is 114 Å². The number of nitriles is 3. The van der Waals surface area contributed by atoms with Crippen LogP contribution in [0.25, 0.3) is 0 Å². The number of halogens is 4. The lowest BCUT2D eigenvalue weighted by molar-refractivity contribution is -0.289. The number of ether oxygens (including phenoxy) is 2. The highest BCUT2D eigenvalue weighted by atomic mass is 79.9. The highest BCUT2D eigenvalue weighted by Crippen LogP contribution is 2.69. The molecule has 6 nitrogen and oxygen atoms in total. The minimum atomic E-state index is -4.82. The van der Waals surface area contributed by atoms with Crippen molar-refractivity contribution in [2.45, 2.75) is 25.0 Å². The van der Waals surface area contributed by atoms with Gasteiger partial charge in [-0.25, -0.2) is 0 Å². The Bertz CT molecular complexity index is 1260. The summed E-state index contributed by atoms with van der Waals surface area (Å²) in [5.74, 6) is -3.64. The van der Waals surface area contributed by atoms with E-state index in [1.807, 2.05) is 6.07 Å². The van der Waals surface area contributed by atoms with Gasteiger partial charge in [-0.3, -0.25) is 5.41 Å². The Morgan fingerprint density at radius 1 is 1.00 bits per heavy atom. The predicted octanol–water partition coefficient (Wildman–Crippen LogP) is 5.58. The first-order chi connectivity index (χ1) is 15.5. The van der Waals surface area contributed by atoms with Gasteiger partial charge >= 0.3 is 6.18 Å². The van der Waals surface area contributed by atoms with Crippen molar-refractivity contribution in [2.24, 2.45) is 16.7 Å². The molecule has 2 heterocycles. The molecule has 2 aliphatic heterocycles. The van der Waals surface area contributed by atoms with Gasteiger partial charge in [-0.2, -0.15) is 29.0 Å². The third-order valence-corrected chi connectivity index (χ3v) is 6.99. The first-order valence-electron chi connectivity index (χ1n) is 9.66. The lowest BCUT2D eigenvalue weighted by Crippen LogP contribution is -2.57. The molecule has 2 fully saturated rings. The van der Waals surface area contributed by atoms with Gasteiger partial charge < -0.3 is 9.47 Å². The summed E-state index contributed by atoms with van der Waals surface area (Å²) in [7, 11) is 0. The van der Waals surface area contributed by atoms with Gasteiger partial charge in [0.1, 0.15) is 6.10 Å². The summed E-state index contributed by atoms with van der Waals surface area (Å²) in [6.45, 7) is 1.49. The summed E-state index contributed by atoms with van der Waals surface area (Å²) in [4.78, 5) is 0. The number of nitrogens with zero attached hydrogens (tertiary/aromatic N) is 3. The second kappa shape index (κ2) is 7.31. The smallest absolute Gasteiger partial charge is 0.416 e. The quantitative estimate of drug-likeness (QED) is 0.561. The predicted molar refractivity (Wildman–Crippen MR) is 111 cm³/mol. The second-order valence-electron chi connectivity index (χ2n) is 7.86. The Labute approximate surface area is 195 Å². The molecule has 0 aliphatic carbocycles. The molecule has 4 rings (SSSR count). The number of fused-ring (bicyclic) bond motifs is 2. The Morgan fingerprint density at radius 2 is 1.61 bits per heavy atom. The third kappa shape index (κ3) is 2.76. The van der Waals surface area contributed by atoms with E-state index in [0.717, 1.165) is 12.1 Å². The molecular formula is C23H14BrF3N4O2. The van der Waals surface area contributed by atoms with Crippen LogP contribution in [0.1, 0.15) is 29.7 Å². The van der Waals surface area contributed by atoms with Crippen LogP contribution in [0.15, 0.2) is 53.0 Å². The fourth-order valence-electron chi connectivity index (χ4n) is 4.81. The van der Waals surface area contributed by atoms with Crippen LogP contribution in [0.2, 0.25) is 0 Å². The van der Waals surface area contributed by atoms with E-state index in [2.05, 4.69) is 15.9 Å². The molecule has 0 spiro atoms. The molecule has 1 N–H and O–H groups in total. The second-order valence-corrected chi connectivity index (χ2v) is 8.78. The van der Waals surface area contributed by atoms with Crippen LogP contribution in [-0.2, 0) is 21.4 Å². The number of benzene rings is 2. The fraction of sp³-hybridized carbons (Fsp3) is 0.304. The third-order valence-electron chi connectivity index (χ3n) is 6.46. The van der Waals surface area contributed by atoms with Gasteiger partial charge in [-0.05, 0) is 23.8 Å². The first kappa shape index (κ1) is 22.8. The maximum atomic E-state index is 13.9. The molecule has 33 heavy (non-hydrogen) atoms. The molecule has 2 aromatic carbocycles. The minimum absolute atomic E-state index is 0.332. The Morgan fingerprint density at radius 3 is 2.15 bits per heavy atom. The molecule has 2 saturated heterocycles. The molecule has 4 atom stereocenters. The zero-order chi connectivity index (χ0) is 24.2. The van der Waals surface area contributed by atoms with Crippen molar-refractivity contribution in [2.75, 3.05) is 0 Å². The van der Waals surface area contributed by atoms with E-state index in [0.29, 0.717) is 10.0 Å². The van der Waals surface area contributed by atoms with Gasteiger partial charge in [0.15, 0.2) is 5.41 Å². The summed E-state index contributed by atoms with van der Waals surface area (Å²) < 4.78 is 54.3. The molecule has 0 radical (unpaired) electrons. The van der Waals surface area contributed by atoms with Crippen LogP contribution in [0.3, 0.4) is 0 Å². The van der Waals surface area contributed by atoms with Crippen molar-refractivity contribution in [1.29, 1.82) is 21.2 Å². The maximum Gasteiger partial charge on any atom is 0.416 e. The largest absolute Gasteiger partial charge is 0.443 e. The van der Waals surface area contributed by atoms with E-state index in [1.165, 1.54) is 19.1 Å². The van der Waals surface area contributed by atoms with Crippen LogP contribution >= 0.6 is 15.9 Å². The van der Waals surface area contributed by atoms with E-state index < -0.39 is 51.8 Å². The van der Waals surface area contributed by atoms with E-state index in [-0.39, 0.29) is 0 Å². The number of hydrogen-bond acceptors (Lipinski definition) is 6. The van der Waals surface area contributed by atoms with Crippen LogP contribution in [0, 0.1) is 56.2 Å². The normalized spacial score (nSPS) is 29.9. The van der Waals surface area contributed by atoms with Crippen LogP contribution < -0.4 is 0 Å². The summed E-state index contributed by atoms with van der Waals surface area (Å²) in [6.07, 6.45) is -6.66. The minimum Gasteiger partial charge on any atom is -0.443 e. The van der Waals surface area contributed by atoms with E-state index in [4.69, 9.17) is 14.9 Å². The lowest BCUT2D eigenvalue weighted by atomic mass is 9.53. The number of alkyl halides is 3. The van der Waals surface area contributed by atoms with Crippen molar-refractivity contribution >= 4 is 21.8 Å². The van der Waals surface area contributed by atoms with Crippen LogP contribution in [0.5, 0.6) is 0 Å². The highest BCUT2D eigenvalue weighted by molar-refractivity contribution is 9.10. The van der Waals surface area contributed by atoms with Gasteiger partial charge in [0.05, 0.1) is 29.7 Å². The van der Waals surface area contributed by atoms with Gasteiger partial charge in [-0.1, -0.05) is 53.2 Å². The van der Waals surface area contributed by atoms with Crippen molar-refractivity contribution in [3.63, 3.8) is 0 Å². The van der Waals surface area contributed by atoms with Gasteiger partial charge in [0, 0.05) is 10.0 Å². The van der Waals surface area contributed by atoms with Crippen molar-refractivity contribution in [1.82, 2.24) is 0 Å². The van der Waals surface area contributed by atoms with Gasteiger partial charge in [0.2, 0.25) is 17.1 Å². The number of hydrogen-bond donors (Lipinski definition) is 1. The maximum absolute atomic E-state index is 13.9. The molecule has 4 unspecified atom stereocenters. The fourth-order valence-corrected chi connectivity index (χ4v) is 5.08. The zero-order valence-corrected chi connectivity index (χ0v) is 18.5. The average Bonchev–Trinajstić information content (AvgIpc) is 2.95. The van der Waals surface area contributed by atoms with Crippen molar-refractivity contribution in [3.05, 3.63) is 69.7 Å². The molecule has 10 heteroatoms. The van der Waals surface area contributed by atoms with E-state index >= 15 is 0 Å². The Hall–Kier alpha value is -3.39. The molecule has 2 aromatic rings. The van der Waals surface area contributed by atoms with E-state index in [1.54, 1.807) is 36.4 Å². The summed E-state index contributed by atoms with van der Waals surface area (Å²) in [5.41, 5.74) is -5.94. The Balaban J connectivity index is 2.08. The van der Waals surface area contributed by atoms with Gasteiger partial charge in [-0.15, -0.1) is 0 Å². The number of nitrogens with one attached hydrogen (secondary N) is 1. The first-order valence-corrected chi connectivity index (χ1v) is 10.4. The van der Waals surface area contributed by atoms with Crippen LogP contribution in [-0.4, -0.2) is 5.90 Å². The van der Waals surface area contributed by atoms with Crippen molar-refractivity contribution in [3.8, 4) is 18.2 Å². The molecule has 2 bridgehead atoms. The Kier molecular flexibility index (Phi) is 5.05. The average molecular weight is 515 g/mol.